The minimum atomic E-state index is -0.224. The minimum Gasteiger partial charge on any atom is -0.491 e. The van der Waals surface area contributed by atoms with E-state index in [0.717, 1.165) is 43.1 Å². The second-order valence-electron chi connectivity index (χ2n) is 6.90. The summed E-state index contributed by atoms with van der Waals surface area (Å²) >= 11 is 0. The molecule has 0 bridgehead atoms. The molecule has 0 N–H and O–H groups in total. The molecule has 0 amide bonds. The van der Waals surface area contributed by atoms with E-state index < -0.39 is 0 Å². The van der Waals surface area contributed by atoms with E-state index in [1.54, 1.807) is 24.7 Å². The highest BCUT2D eigenvalue weighted by atomic mass is 19.1. The van der Waals surface area contributed by atoms with Crippen LogP contribution in [0.1, 0.15) is 17.2 Å². The maximum Gasteiger partial charge on any atom is 0.123 e. The van der Waals surface area contributed by atoms with Gasteiger partial charge in [0.25, 0.3) is 0 Å². The van der Waals surface area contributed by atoms with Crippen molar-refractivity contribution in [2.24, 2.45) is 0 Å². The predicted molar refractivity (Wildman–Crippen MR) is 105 cm³/mol. The Kier molecular flexibility index (Phi) is 5.99. The van der Waals surface area contributed by atoms with Gasteiger partial charge in [-0.1, -0.05) is 30.3 Å². The lowest BCUT2D eigenvalue weighted by Crippen LogP contribution is -2.37. The van der Waals surface area contributed by atoms with E-state index in [4.69, 9.17) is 9.47 Å². The summed E-state index contributed by atoms with van der Waals surface area (Å²) in [5, 5.41) is 0. The van der Waals surface area contributed by atoms with Crippen LogP contribution < -0.4 is 4.74 Å². The van der Waals surface area contributed by atoms with Crippen molar-refractivity contribution in [3.8, 4) is 5.75 Å². The SMILES string of the molecule is Fc1ccc([C@@H]2CN(Cc3ccccc3OCCn3ccnc3)CCO2)cc1. The number of hydrogen-bond acceptors (Lipinski definition) is 4. The molecule has 0 radical (unpaired) electrons. The lowest BCUT2D eigenvalue weighted by Gasteiger charge is -2.33. The predicted octanol–water partition coefficient (Wildman–Crippen LogP) is 3.67. The summed E-state index contributed by atoms with van der Waals surface area (Å²) in [5.41, 5.74) is 2.17. The van der Waals surface area contributed by atoms with Gasteiger partial charge in [0.15, 0.2) is 0 Å². The van der Waals surface area contributed by atoms with Crippen LogP contribution in [-0.4, -0.2) is 40.8 Å². The summed E-state index contributed by atoms with van der Waals surface area (Å²) in [6, 6.07) is 14.7. The summed E-state index contributed by atoms with van der Waals surface area (Å²) in [6.07, 6.45) is 5.45. The van der Waals surface area contributed by atoms with Crippen molar-refractivity contribution in [3.63, 3.8) is 0 Å². The molecule has 2 heterocycles. The largest absolute Gasteiger partial charge is 0.491 e. The second-order valence-corrected chi connectivity index (χ2v) is 6.90. The Labute approximate surface area is 164 Å². The molecule has 3 aromatic rings. The van der Waals surface area contributed by atoms with Gasteiger partial charge < -0.3 is 14.0 Å². The molecule has 2 aromatic carbocycles. The number of rotatable bonds is 7. The first-order chi connectivity index (χ1) is 13.8. The fourth-order valence-corrected chi connectivity index (χ4v) is 3.42. The second kappa shape index (κ2) is 8.99. The zero-order valence-electron chi connectivity index (χ0n) is 15.7. The summed E-state index contributed by atoms with van der Waals surface area (Å²) in [7, 11) is 0. The lowest BCUT2D eigenvalue weighted by molar-refractivity contribution is -0.0331. The number of para-hydroxylation sites is 1. The van der Waals surface area contributed by atoms with Gasteiger partial charge in [0, 0.05) is 37.6 Å². The van der Waals surface area contributed by atoms with Crippen LogP contribution in [-0.2, 0) is 17.8 Å². The van der Waals surface area contributed by atoms with Crippen molar-refractivity contribution >= 4 is 0 Å². The van der Waals surface area contributed by atoms with Gasteiger partial charge in [-0.2, -0.15) is 0 Å². The normalized spacial score (nSPS) is 17.5. The number of morpholine rings is 1. The first-order valence-corrected chi connectivity index (χ1v) is 9.54. The number of halogens is 1. The van der Waals surface area contributed by atoms with Crippen LogP contribution in [0.15, 0.2) is 67.3 Å². The highest BCUT2D eigenvalue weighted by Gasteiger charge is 2.22. The highest BCUT2D eigenvalue weighted by Crippen LogP contribution is 2.26. The van der Waals surface area contributed by atoms with Crippen LogP contribution in [0.4, 0.5) is 4.39 Å². The maximum atomic E-state index is 13.2. The van der Waals surface area contributed by atoms with Crippen LogP contribution >= 0.6 is 0 Å². The van der Waals surface area contributed by atoms with Crippen LogP contribution in [0.2, 0.25) is 0 Å². The summed E-state index contributed by atoms with van der Waals surface area (Å²) in [4.78, 5) is 6.40. The van der Waals surface area contributed by atoms with Crippen molar-refractivity contribution in [1.29, 1.82) is 0 Å². The van der Waals surface area contributed by atoms with Gasteiger partial charge in [0.2, 0.25) is 0 Å². The molecule has 146 valence electrons. The Morgan fingerprint density at radius 1 is 1.14 bits per heavy atom. The summed E-state index contributed by atoms with van der Waals surface area (Å²) < 4.78 is 27.1. The molecule has 0 unspecified atom stereocenters. The molecule has 0 aliphatic carbocycles. The Hall–Kier alpha value is -2.70. The molecule has 1 atom stereocenters. The van der Waals surface area contributed by atoms with E-state index in [2.05, 4.69) is 16.0 Å². The summed E-state index contributed by atoms with van der Waals surface area (Å²) in [5.74, 6) is 0.686. The van der Waals surface area contributed by atoms with E-state index in [-0.39, 0.29) is 11.9 Å². The molecule has 1 aliphatic rings. The number of imidazole rings is 1. The van der Waals surface area contributed by atoms with Gasteiger partial charge in [-0.3, -0.25) is 4.90 Å². The van der Waals surface area contributed by atoms with Crippen LogP contribution in [0.25, 0.3) is 0 Å². The van der Waals surface area contributed by atoms with Gasteiger partial charge in [0.1, 0.15) is 18.2 Å². The number of nitrogens with zero attached hydrogens (tertiary/aromatic N) is 3. The fraction of sp³-hybridized carbons (Fsp3) is 0.318. The van der Waals surface area contributed by atoms with Crippen LogP contribution in [0.5, 0.6) is 5.75 Å². The monoisotopic (exact) mass is 381 g/mol. The van der Waals surface area contributed by atoms with Crippen LogP contribution in [0.3, 0.4) is 0 Å². The standard InChI is InChI=1S/C22H24FN3O2/c23-20-7-5-18(6-8-20)22-16-26(12-14-28-22)15-19-3-1-2-4-21(19)27-13-11-25-10-9-24-17-25/h1-10,17,22H,11-16H2/t22-/m0/s1. The van der Waals surface area contributed by atoms with Gasteiger partial charge in [0.05, 0.1) is 25.6 Å². The van der Waals surface area contributed by atoms with E-state index in [1.807, 2.05) is 29.0 Å². The molecule has 0 spiro atoms. The number of ether oxygens (including phenoxy) is 2. The van der Waals surface area contributed by atoms with Gasteiger partial charge >= 0.3 is 0 Å². The molecule has 1 aromatic heterocycles. The topological polar surface area (TPSA) is 39.5 Å². The van der Waals surface area contributed by atoms with E-state index >= 15 is 0 Å². The maximum absolute atomic E-state index is 13.2. The average molecular weight is 381 g/mol. The summed E-state index contributed by atoms with van der Waals surface area (Å²) in [6.45, 7) is 4.44. The first-order valence-electron chi connectivity index (χ1n) is 9.54. The first kappa shape index (κ1) is 18.7. The Morgan fingerprint density at radius 2 is 2.00 bits per heavy atom. The fourth-order valence-electron chi connectivity index (χ4n) is 3.42. The van der Waals surface area contributed by atoms with E-state index in [1.165, 1.54) is 12.1 Å². The third-order valence-electron chi connectivity index (χ3n) is 4.93. The van der Waals surface area contributed by atoms with Crippen molar-refractivity contribution in [2.75, 3.05) is 26.3 Å². The number of benzene rings is 2. The Morgan fingerprint density at radius 3 is 2.82 bits per heavy atom. The Balaban J connectivity index is 1.37. The third-order valence-corrected chi connectivity index (χ3v) is 4.93. The van der Waals surface area contributed by atoms with Gasteiger partial charge in [-0.05, 0) is 23.8 Å². The van der Waals surface area contributed by atoms with Crippen molar-refractivity contribution in [2.45, 2.75) is 19.2 Å². The van der Waals surface area contributed by atoms with E-state index in [9.17, 15) is 4.39 Å². The smallest absolute Gasteiger partial charge is 0.123 e. The number of hydrogen-bond donors (Lipinski definition) is 0. The average Bonchev–Trinajstić information content (AvgIpc) is 3.24. The van der Waals surface area contributed by atoms with Gasteiger partial charge in [-0.25, -0.2) is 9.37 Å². The molecule has 1 aliphatic heterocycles. The molecule has 28 heavy (non-hydrogen) atoms. The molecule has 4 rings (SSSR count). The molecular formula is C22H24FN3O2. The van der Waals surface area contributed by atoms with Crippen molar-refractivity contribution in [1.82, 2.24) is 14.5 Å². The molecule has 6 heteroatoms. The molecular weight excluding hydrogens is 357 g/mol. The number of aromatic nitrogens is 2. The minimum absolute atomic E-state index is 0.0383. The quantitative estimate of drug-likeness (QED) is 0.626. The lowest BCUT2D eigenvalue weighted by atomic mass is 10.1. The zero-order valence-corrected chi connectivity index (χ0v) is 15.7. The molecule has 1 saturated heterocycles. The third kappa shape index (κ3) is 4.77. The van der Waals surface area contributed by atoms with E-state index in [0.29, 0.717) is 13.2 Å². The van der Waals surface area contributed by atoms with Crippen LogP contribution in [0, 0.1) is 5.82 Å². The zero-order chi connectivity index (χ0) is 19.2. The molecule has 1 fully saturated rings. The van der Waals surface area contributed by atoms with Crippen molar-refractivity contribution < 1.29 is 13.9 Å². The Bertz CT molecular complexity index is 868. The highest BCUT2D eigenvalue weighted by molar-refractivity contribution is 5.33. The molecule has 0 saturated carbocycles. The van der Waals surface area contributed by atoms with Gasteiger partial charge in [-0.15, -0.1) is 0 Å². The molecule has 5 nitrogen and oxygen atoms in total. The van der Waals surface area contributed by atoms with Crippen molar-refractivity contribution in [3.05, 3.63) is 84.2 Å².